The molecular weight excluding hydrogens is 138 g/mol. The summed E-state index contributed by atoms with van der Waals surface area (Å²) in [5, 5.41) is 0. The lowest BCUT2D eigenvalue weighted by Crippen LogP contribution is -2.22. The van der Waals surface area contributed by atoms with Gasteiger partial charge < -0.3 is 10.5 Å². The predicted molar refractivity (Wildman–Crippen MR) is 39.8 cm³/mol. The van der Waals surface area contributed by atoms with Crippen molar-refractivity contribution >= 4 is 12.4 Å². The molecule has 56 valence electrons. The molecule has 0 aromatic carbocycles. The van der Waals surface area contributed by atoms with Crippen molar-refractivity contribution in [2.24, 2.45) is 11.7 Å². The highest BCUT2D eigenvalue weighted by molar-refractivity contribution is 5.85. The van der Waals surface area contributed by atoms with Crippen molar-refractivity contribution in [3.63, 3.8) is 0 Å². The standard InChI is InChI=1S/C6H13NO.ClH/c7-5-6-1-3-8-4-2-6;/h6H,1-5,7H2;1H. The summed E-state index contributed by atoms with van der Waals surface area (Å²) in [5.41, 5.74) is 5.45. The van der Waals surface area contributed by atoms with E-state index in [1.54, 1.807) is 0 Å². The smallest absolute Gasteiger partial charge is 0.0469 e. The zero-order valence-corrected chi connectivity index (χ0v) is 6.32. The van der Waals surface area contributed by atoms with Crippen LogP contribution in [0.1, 0.15) is 12.8 Å². The van der Waals surface area contributed by atoms with E-state index < -0.39 is 0 Å². The Kier molecular flexibility index (Phi) is 5.15. The van der Waals surface area contributed by atoms with Gasteiger partial charge in [0.1, 0.15) is 0 Å². The molecule has 1 rings (SSSR count). The van der Waals surface area contributed by atoms with Gasteiger partial charge >= 0.3 is 0 Å². The Hall–Kier alpha value is 0.210. The zero-order chi connectivity index (χ0) is 5.82. The maximum Gasteiger partial charge on any atom is 0.0469 e. The third-order valence-electron chi connectivity index (χ3n) is 1.67. The molecule has 0 radical (unpaired) electrons. The number of hydrogen-bond donors (Lipinski definition) is 1. The highest BCUT2D eigenvalue weighted by atomic mass is 35.5. The van der Waals surface area contributed by atoms with Crippen molar-refractivity contribution in [3.8, 4) is 0 Å². The fourth-order valence-corrected chi connectivity index (χ4v) is 0.982. The van der Waals surface area contributed by atoms with Crippen LogP contribution < -0.4 is 5.73 Å². The van der Waals surface area contributed by atoms with E-state index in [4.69, 9.17) is 10.5 Å². The second kappa shape index (κ2) is 5.03. The van der Waals surface area contributed by atoms with Crippen molar-refractivity contribution in [2.75, 3.05) is 19.8 Å². The lowest BCUT2D eigenvalue weighted by molar-refractivity contribution is 0.0688. The van der Waals surface area contributed by atoms with E-state index in [9.17, 15) is 0 Å². The minimum atomic E-state index is 0. The van der Waals surface area contributed by atoms with Gasteiger partial charge in [-0.15, -0.1) is 12.4 Å². The molecule has 0 spiro atoms. The lowest BCUT2D eigenvalue weighted by atomic mass is 10.0. The molecule has 0 amide bonds. The normalized spacial score (nSPS) is 21.0. The first-order chi connectivity index (χ1) is 3.93. The lowest BCUT2D eigenvalue weighted by Gasteiger charge is -2.19. The number of halogens is 1. The summed E-state index contributed by atoms with van der Waals surface area (Å²) in [6.45, 7) is 2.67. The number of rotatable bonds is 1. The van der Waals surface area contributed by atoms with Crippen molar-refractivity contribution in [1.82, 2.24) is 0 Å². The van der Waals surface area contributed by atoms with Crippen LogP contribution in [-0.4, -0.2) is 19.8 Å². The van der Waals surface area contributed by atoms with Crippen LogP contribution in [0.15, 0.2) is 0 Å². The molecule has 1 heterocycles. The maximum absolute atomic E-state index is 5.45. The van der Waals surface area contributed by atoms with Crippen LogP contribution >= 0.6 is 12.4 Å². The van der Waals surface area contributed by atoms with Crippen LogP contribution in [0.4, 0.5) is 0 Å². The van der Waals surface area contributed by atoms with Crippen molar-refractivity contribution in [2.45, 2.75) is 12.8 Å². The molecule has 1 saturated heterocycles. The largest absolute Gasteiger partial charge is 0.381 e. The van der Waals surface area contributed by atoms with Gasteiger partial charge in [-0.25, -0.2) is 0 Å². The molecule has 0 aliphatic carbocycles. The second-order valence-corrected chi connectivity index (χ2v) is 2.29. The van der Waals surface area contributed by atoms with Gasteiger partial charge in [0.05, 0.1) is 0 Å². The Balaban J connectivity index is 0.000000640. The molecule has 0 aromatic rings. The summed E-state index contributed by atoms with van der Waals surface area (Å²) >= 11 is 0. The summed E-state index contributed by atoms with van der Waals surface area (Å²) in [6, 6.07) is 0. The highest BCUT2D eigenvalue weighted by Crippen LogP contribution is 2.11. The highest BCUT2D eigenvalue weighted by Gasteiger charge is 2.10. The molecule has 2 nitrogen and oxygen atoms in total. The van der Waals surface area contributed by atoms with E-state index in [0.29, 0.717) is 0 Å². The fourth-order valence-electron chi connectivity index (χ4n) is 0.982. The quantitative estimate of drug-likeness (QED) is 0.602. The Morgan fingerprint density at radius 1 is 1.33 bits per heavy atom. The molecule has 0 bridgehead atoms. The topological polar surface area (TPSA) is 35.2 Å². The van der Waals surface area contributed by atoms with Crippen LogP contribution in [0.5, 0.6) is 0 Å². The number of hydrogen-bond acceptors (Lipinski definition) is 2. The fraction of sp³-hybridized carbons (Fsp3) is 1.00. The monoisotopic (exact) mass is 151 g/mol. The molecule has 1 aliphatic heterocycles. The first-order valence-electron chi connectivity index (χ1n) is 3.21. The summed E-state index contributed by atoms with van der Waals surface area (Å²) in [7, 11) is 0. The minimum Gasteiger partial charge on any atom is -0.381 e. The van der Waals surface area contributed by atoms with E-state index in [1.165, 1.54) is 0 Å². The Labute approximate surface area is 62.2 Å². The summed E-state index contributed by atoms with van der Waals surface area (Å²) in [4.78, 5) is 0. The Morgan fingerprint density at radius 2 is 1.89 bits per heavy atom. The van der Waals surface area contributed by atoms with Gasteiger partial charge in [-0.1, -0.05) is 0 Å². The summed E-state index contributed by atoms with van der Waals surface area (Å²) in [5.74, 6) is 0.740. The Morgan fingerprint density at radius 3 is 2.22 bits per heavy atom. The maximum atomic E-state index is 5.45. The second-order valence-electron chi connectivity index (χ2n) is 2.29. The summed E-state index contributed by atoms with van der Waals surface area (Å²) < 4.78 is 5.15. The van der Waals surface area contributed by atoms with Gasteiger partial charge in [0.25, 0.3) is 0 Å². The average Bonchev–Trinajstić information content (AvgIpc) is 1.90. The third-order valence-corrected chi connectivity index (χ3v) is 1.67. The van der Waals surface area contributed by atoms with E-state index in [1.807, 2.05) is 0 Å². The molecule has 0 saturated carbocycles. The van der Waals surface area contributed by atoms with Gasteiger partial charge in [-0.3, -0.25) is 0 Å². The number of ether oxygens (including phenoxy) is 1. The van der Waals surface area contributed by atoms with Gasteiger partial charge in [-0.05, 0) is 25.3 Å². The average molecular weight is 152 g/mol. The van der Waals surface area contributed by atoms with Crippen molar-refractivity contribution in [1.29, 1.82) is 0 Å². The van der Waals surface area contributed by atoms with E-state index >= 15 is 0 Å². The van der Waals surface area contributed by atoms with Crippen molar-refractivity contribution in [3.05, 3.63) is 0 Å². The molecule has 9 heavy (non-hydrogen) atoms. The Bertz CT molecular complexity index is 64.1. The molecule has 1 fully saturated rings. The van der Waals surface area contributed by atoms with Crippen LogP contribution in [0.3, 0.4) is 0 Å². The minimum absolute atomic E-state index is 0. The SMILES string of the molecule is Cl.NCC1CCOCC1. The molecule has 0 atom stereocenters. The summed E-state index contributed by atoms with van der Waals surface area (Å²) in [6.07, 6.45) is 2.33. The predicted octanol–water partition coefficient (Wildman–Crippen LogP) is 0.793. The van der Waals surface area contributed by atoms with Gasteiger partial charge in [0.15, 0.2) is 0 Å². The van der Waals surface area contributed by atoms with Crippen LogP contribution in [0.25, 0.3) is 0 Å². The van der Waals surface area contributed by atoms with E-state index in [0.717, 1.165) is 38.5 Å². The first kappa shape index (κ1) is 9.21. The van der Waals surface area contributed by atoms with Crippen LogP contribution in [-0.2, 0) is 4.74 Å². The van der Waals surface area contributed by atoms with Crippen LogP contribution in [0, 0.1) is 5.92 Å². The zero-order valence-electron chi connectivity index (χ0n) is 5.51. The van der Waals surface area contributed by atoms with E-state index in [2.05, 4.69) is 0 Å². The van der Waals surface area contributed by atoms with E-state index in [-0.39, 0.29) is 12.4 Å². The first-order valence-corrected chi connectivity index (χ1v) is 3.21. The van der Waals surface area contributed by atoms with Gasteiger partial charge in [-0.2, -0.15) is 0 Å². The molecule has 3 heteroatoms. The third kappa shape index (κ3) is 3.04. The van der Waals surface area contributed by atoms with Crippen molar-refractivity contribution < 1.29 is 4.74 Å². The molecule has 0 aromatic heterocycles. The van der Waals surface area contributed by atoms with Gasteiger partial charge in [0.2, 0.25) is 0 Å². The molecule has 2 N–H and O–H groups in total. The number of nitrogens with two attached hydrogens (primary N) is 1. The molecular formula is C6H14ClNO. The molecule has 0 unspecified atom stereocenters. The van der Waals surface area contributed by atoms with Gasteiger partial charge in [0, 0.05) is 13.2 Å². The van der Waals surface area contributed by atoms with Crippen LogP contribution in [0.2, 0.25) is 0 Å². The molecule has 1 aliphatic rings.